The van der Waals surface area contributed by atoms with Crippen molar-refractivity contribution in [2.24, 2.45) is 5.73 Å². The van der Waals surface area contributed by atoms with E-state index in [1.165, 1.54) is 11.1 Å². The Kier molecular flexibility index (Phi) is 6.33. The van der Waals surface area contributed by atoms with Crippen molar-refractivity contribution in [3.63, 3.8) is 0 Å². The van der Waals surface area contributed by atoms with Gasteiger partial charge in [-0.1, -0.05) is 18.2 Å². The van der Waals surface area contributed by atoms with E-state index < -0.39 is 0 Å². The van der Waals surface area contributed by atoms with Crippen LogP contribution in [0.1, 0.15) is 36.6 Å². The first-order valence-electron chi connectivity index (χ1n) is 6.52. The van der Waals surface area contributed by atoms with Gasteiger partial charge in [-0.25, -0.2) is 0 Å². The number of rotatable bonds is 7. The summed E-state index contributed by atoms with van der Waals surface area (Å²) in [5.74, 6) is 0. The Morgan fingerprint density at radius 3 is 2.44 bits per heavy atom. The maximum Gasteiger partial charge on any atom is 0.0703 e. The lowest BCUT2D eigenvalue weighted by Crippen LogP contribution is -2.19. The van der Waals surface area contributed by atoms with Crippen LogP contribution in [0.5, 0.6) is 0 Å². The largest absolute Gasteiger partial charge is 0.377 e. The van der Waals surface area contributed by atoms with E-state index in [-0.39, 0.29) is 12.1 Å². The first-order valence-corrected chi connectivity index (χ1v) is 6.52. The molecule has 1 unspecified atom stereocenters. The molecule has 0 spiro atoms. The molecule has 1 aromatic carbocycles. The molecule has 3 nitrogen and oxygen atoms in total. The van der Waals surface area contributed by atoms with Crippen molar-refractivity contribution in [3.8, 4) is 0 Å². The molecule has 0 saturated heterocycles. The zero-order valence-electron chi connectivity index (χ0n) is 11.9. The van der Waals surface area contributed by atoms with E-state index in [1.54, 1.807) is 0 Å². The highest BCUT2D eigenvalue weighted by Crippen LogP contribution is 2.15. The molecule has 1 atom stereocenters. The van der Waals surface area contributed by atoms with Gasteiger partial charge in [-0.05, 0) is 44.4 Å². The Labute approximate surface area is 110 Å². The van der Waals surface area contributed by atoms with Gasteiger partial charge in [0.25, 0.3) is 0 Å². The molecule has 0 fully saturated rings. The Bertz CT molecular complexity index is 364. The lowest BCUT2D eigenvalue weighted by atomic mass is 10.0. The van der Waals surface area contributed by atoms with Crippen LogP contribution in [0.25, 0.3) is 0 Å². The van der Waals surface area contributed by atoms with Gasteiger partial charge in [0.05, 0.1) is 32.0 Å². The van der Waals surface area contributed by atoms with Gasteiger partial charge in [0, 0.05) is 0 Å². The molecule has 0 saturated carbocycles. The minimum atomic E-state index is -0.0663. The standard InChI is InChI=1S/C15H25NO2/c1-11(2)18-8-7-17-10-15(16)14-6-5-12(3)13(4)9-14/h5-6,9,11,15H,7-8,10,16H2,1-4H3. The third kappa shape index (κ3) is 5.17. The highest BCUT2D eigenvalue weighted by atomic mass is 16.5. The van der Waals surface area contributed by atoms with Crippen LogP contribution in [0.15, 0.2) is 18.2 Å². The third-order valence-corrected chi connectivity index (χ3v) is 2.94. The number of ether oxygens (including phenoxy) is 2. The van der Waals surface area contributed by atoms with Crippen molar-refractivity contribution in [3.05, 3.63) is 34.9 Å². The lowest BCUT2D eigenvalue weighted by Gasteiger charge is -2.14. The summed E-state index contributed by atoms with van der Waals surface area (Å²) >= 11 is 0. The Morgan fingerprint density at radius 2 is 1.83 bits per heavy atom. The number of benzene rings is 1. The molecule has 102 valence electrons. The van der Waals surface area contributed by atoms with Crippen LogP contribution in [0.2, 0.25) is 0 Å². The van der Waals surface area contributed by atoms with Crippen molar-refractivity contribution in [2.75, 3.05) is 19.8 Å². The summed E-state index contributed by atoms with van der Waals surface area (Å²) in [6.45, 7) is 9.98. The van der Waals surface area contributed by atoms with E-state index in [1.807, 2.05) is 13.8 Å². The van der Waals surface area contributed by atoms with E-state index >= 15 is 0 Å². The number of hydrogen-bond acceptors (Lipinski definition) is 3. The summed E-state index contributed by atoms with van der Waals surface area (Å²) in [4.78, 5) is 0. The summed E-state index contributed by atoms with van der Waals surface area (Å²) in [5.41, 5.74) is 9.78. The van der Waals surface area contributed by atoms with Gasteiger partial charge in [-0.2, -0.15) is 0 Å². The second-order valence-electron chi connectivity index (χ2n) is 4.94. The highest BCUT2D eigenvalue weighted by Gasteiger charge is 2.07. The molecule has 0 radical (unpaired) electrons. The molecule has 0 aromatic heterocycles. The second-order valence-corrected chi connectivity index (χ2v) is 4.94. The van der Waals surface area contributed by atoms with Crippen LogP contribution in [0.3, 0.4) is 0 Å². The lowest BCUT2D eigenvalue weighted by molar-refractivity contribution is 0.0161. The Balaban J connectivity index is 2.31. The molecule has 2 N–H and O–H groups in total. The van der Waals surface area contributed by atoms with E-state index in [0.29, 0.717) is 19.8 Å². The SMILES string of the molecule is Cc1ccc(C(N)COCCOC(C)C)cc1C. The smallest absolute Gasteiger partial charge is 0.0703 e. The van der Waals surface area contributed by atoms with Crippen LogP contribution >= 0.6 is 0 Å². The maximum absolute atomic E-state index is 6.09. The topological polar surface area (TPSA) is 44.5 Å². The van der Waals surface area contributed by atoms with Crippen LogP contribution in [0, 0.1) is 13.8 Å². The summed E-state index contributed by atoms with van der Waals surface area (Å²) in [6.07, 6.45) is 0.252. The predicted molar refractivity (Wildman–Crippen MR) is 74.8 cm³/mol. The molecule has 0 aliphatic carbocycles. The Morgan fingerprint density at radius 1 is 1.11 bits per heavy atom. The second kappa shape index (κ2) is 7.52. The van der Waals surface area contributed by atoms with Crippen LogP contribution in [-0.4, -0.2) is 25.9 Å². The maximum atomic E-state index is 6.09. The minimum absolute atomic E-state index is 0.0663. The van der Waals surface area contributed by atoms with Crippen LogP contribution in [0.4, 0.5) is 0 Å². The van der Waals surface area contributed by atoms with Gasteiger partial charge in [-0.3, -0.25) is 0 Å². The fourth-order valence-electron chi connectivity index (χ4n) is 1.64. The highest BCUT2D eigenvalue weighted by molar-refractivity contribution is 5.31. The summed E-state index contributed by atoms with van der Waals surface area (Å²) in [7, 11) is 0. The number of aryl methyl sites for hydroxylation is 2. The fraction of sp³-hybridized carbons (Fsp3) is 0.600. The molecule has 0 aliphatic heterocycles. The zero-order chi connectivity index (χ0) is 13.5. The monoisotopic (exact) mass is 251 g/mol. The molecular formula is C15H25NO2. The molecule has 0 aliphatic rings. The third-order valence-electron chi connectivity index (χ3n) is 2.94. The van der Waals surface area contributed by atoms with Gasteiger partial charge in [-0.15, -0.1) is 0 Å². The van der Waals surface area contributed by atoms with Crippen molar-refractivity contribution >= 4 is 0 Å². The zero-order valence-corrected chi connectivity index (χ0v) is 11.9. The van der Waals surface area contributed by atoms with Gasteiger partial charge < -0.3 is 15.2 Å². The molecule has 1 aromatic rings. The van der Waals surface area contributed by atoms with Crippen molar-refractivity contribution in [1.82, 2.24) is 0 Å². The average molecular weight is 251 g/mol. The van der Waals surface area contributed by atoms with Crippen LogP contribution in [-0.2, 0) is 9.47 Å². The first kappa shape index (κ1) is 15.2. The van der Waals surface area contributed by atoms with Gasteiger partial charge in [0.2, 0.25) is 0 Å². The fourth-order valence-corrected chi connectivity index (χ4v) is 1.64. The van der Waals surface area contributed by atoms with E-state index in [9.17, 15) is 0 Å². The quantitative estimate of drug-likeness (QED) is 0.758. The molecule has 0 amide bonds. The van der Waals surface area contributed by atoms with Crippen LogP contribution < -0.4 is 5.73 Å². The van der Waals surface area contributed by atoms with E-state index in [4.69, 9.17) is 15.2 Å². The van der Waals surface area contributed by atoms with Gasteiger partial charge in [0.15, 0.2) is 0 Å². The molecule has 0 heterocycles. The molecule has 18 heavy (non-hydrogen) atoms. The Hall–Kier alpha value is -0.900. The normalized spacial score (nSPS) is 13.0. The van der Waals surface area contributed by atoms with Gasteiger partial charge >= 0.3 is 0 Å². The summed E-state index contributed by atoms with van der Waals surface area (Å²) in [5, 5.41) is 0. The van der Waals surface area contributed by atoms with Crippen molar-refractivity contribution < 1.29 is 9.47 Å². The minimum Gasteiger partial charge on any atom is -0.377 e. The van der Waals surface area contributed by atoms with E-state index in [2.05, 4.69) is 32.0 Å². The first-order chi connectivity index (χ1) is 8.50. The van der Waals surface area contributed by atoms with Crippen molar-refractivity contribution in [1.29, 1.82) is 0 Å². The summed E-state index contributed by atoms with van der Waals surface area (Å²) < 4.78 is 10.9. The summed E-state index contributed by atoms with van der Waals surface area (Å²) in [6, 6.07) is 6.24. The predicted octanol–water partition coefficient (Wildman–Crippen LogP) is 2.74. The molecular weight excluding hydrogens is 226 g/mol. The molecule has 3 heteroatoms. The van der Waals surface area contributed by atoms with E-state index in [0.717, 1.165) is 5.56 Å². The molecule has 1 rings (SSSR count). The van der Waals surface area contributed by atoms with Crippen molar-refractivity contribution in [2.45, 2.75) is 39.8 Å². The number of nitrogens with two attached hydrogens (primary N) is 1. The average Bonchev–Trinajstić information content (AvgIpc) is 2.31. The van der Waals surface area contributed by atoms with Gasteiger partial charge in [0.1, 0.15) is 0 Å². The number of hydrogen-bond donors (Lipinski definition) is 1. The molecule has 0 bridgehead atoms.